The average molecular weight is 453 g/mol. The van der Waals surface area contributed by atoms with E-state index in [-0.39, 0.29) is 17.9 Å². The lowest BCUT2D eigenvalue weighted by atomic mass is 9.97. The maximum absolute atomic E-state index is 14.0. The van der Waals surface area contributed by atoms with Crippen molar-refractivity contribution in [3.05, 3.63) is 101 Å². The van der Waals surface area contributed by atoms with Crippen molar-refractivity contribution < 1.29 is 14.3 Å². The fourth-order valence-electron chi connectivity index (χ4n) is 4.69. The van der Waals surface area contributed by atoms with Crippen molar-refractivity contribution in [1.29, 1.82) is 0 Å². The topological polar surface area (TPSA) is 49.9 Å². The second-order valence-corrected chi connectivity index (χ2v) is 9.11. The van der Waals surface area contributed by atoms with E-state index in [1.54, 1.807) is 12.1 Å². The third kappa shape index (κ3) is 3.87. The number of imide groups is 1. The molecule has 2 amide bonds. The van der Waals surface area contributed by atoms with E-state index in [9.17, 15) is 9.59 Å². The Morgan fingerprint density at radius 1 is 0.824 bits per heavy atom. The van der Waals surface area contributed by atoms with Crippen LogP contribution in [-0.4, -0.2) is 29.4 Å². The van der Waals surface area contributed by atoms with Gasteiger partial charge >= 0.3 is 0 Å². The van der Waals surface area contributed by atoms with E-state index in [0.29, 0.717) is 35.8 Å². The lowest BCUT2D eigenvalue weighted by Crippen LogP contribution is -2.37. The maximum atomic E-state index is 14.0. The molecule has 2 aliphatic rings. The number of fused-ring (bicyclic) bond motifs is 1. The van der Waals surface area contributed by atoms with Crippen LogP contribution < -0.4 is 9.64 Å². The first-order chi connectivity index (χ1) is 16.4. The number of benzene rings is 3. The van der Waals surface area contributed by atoms with Crippen LogP contribution >= 0.6 is 0 Å². The summed E-state index contributed by atoms with van der Waals surface area (Å²) < 4.78 is 5.96. The molecule has 0 aliphatic carbocycles. The molecular formula is C29H28N2O3. The summed E-state index contributed by atoms with van der Waals surface area (Å²) >= 11 is 0. The van der Waals surface area contributed by atoms with Gasteiger partial charge in [-0.25, -0.2) is 4.90 Å². The normalized spacial score (nSPS) is 15.9. The SMILES string of the molecule is Cc1ccc(C2=C(N3CCc4ccccc4C3)C(=O)N(c3ccccc3OC(C)C)C2=O)cc1. The quantitative estimate of drug-likeness (QED) is 0.504. The molecule has 0 aromatic heterocycles. The molecule has 0 fully saturated rings. The fraction of sp³-hybridized carbons (Fsp3) is 0.241. The largest absolute Gasteiger partial charge is 0.489 e. The summed E-state index contributed by atoms with van der Waals surface area (Å²) in [6, 6.07) is 23.3. The molecule has 5 heteroatoms. The number of anilines is 1. The van der Waals surface area contributed by atoms with Gasteiger partial charge in [0.05, 0.1) is 17.4 Å². The molecule has 0 atom stereocenters. The van der Waals surface area contributed by atoms with Crippen molar-refractivity contribution in [3.63, 3.8) is 0 Å². The first kappa shape index (κ1) is 22.0. The fourth-order valence-corrected chi connectivity index (χ4v) is 4.69. The number of rotatable bonds is 5. The Balaban J connectivity index is 1.62. The molecule has 0 unspecified atom stereocenters. The first-order valence-electron chi connectivity index (χ1n) is 11.7. The Morgan fingerprint density at radius 3 is 2.24 bits per heavy atom. The number of aryl methyl sites for hydroxylation is 1. The molecule has 3 aromatic rings. The summed E-state index contributed by atoms with van der Waals surface area (Å²) in [4.78, 5) is 31.2. The van der Waals surface area contributed by atoms with E-state index in [1.165, 1.54) is 16.0 Å². The minimum absolute atomic E-state index is 0.0865. The molecule has 172 valence electrons. The Hall–Kier alpha value is -3.86. The van der Waals surface area contributed by atoms with Gasteiger partial charge in [-0.3, -0.25) is 9.59 Å². The number of carbonyl (C=O) groups is 2. The molecule has 0 N–H and O–H groups in total. The van der Waals surface area contributed by atoms with Crippen molar-refractivity contribution in [3.8, 4) is 5.75 Å². The molecule has 2 heterocycles. The van der Waals surface area contributed by atoms with Crippen LogP contribution in [0.4, 0.5) is 5.69 Å². The minimum Gasteiger partial charge on any atom is -0.489 e. The highest BCUT2D eigenvalue weighted by Crippen LogP contribution is 2.40. The predicted octanol–water partition coefficient (Wildman–Crippen LogP) is 5.13. The number of hydrogen-bond donors (Lipinski definition) is 0. The second kappa shape index (κ2) is 8.82. The standard InChI is InChI=1S/C29H28N2O3/c1-19(2)34-25-11-7-6-10-24(25)31-28(32)26(22-14-12-20(3)13-15-22)27(29(31)33)30-17-16-21-8-4-5-9-23(21)18-30/h4-15,19H,16-18H2,1-3H3. The number of carbonyl (C=O) groups excluding carboxylic acids is 2. The number of nitrogens with zero attached hydrogens (tertiary/aromatic N) is 2. The summed E-state index contributed by atoms with van der Waals surface area (Å²) in [7, 11) is 0. The van der Waals surface area contributed by atoms with Crippen LogP contribution in [0, 0.1) is 6.92 Å². The zero-order valence-electron chi connectivity index (χ0n) is 19.7. The second-order valence-electron chi connectivity index (χ2n) is 9.11. The zero-order chi connectivity index (χ0) is 23.8. The average Bonchev–Trinajstić information content (AvgIpc) is 3.09. The highest BCUT2D eigenvalue weighted by atomic mass is 16.5. The third-order valence-corrected chi connectivity index (χ3v) is 6.32. The third-order valence-electron chi connectivity index (χ3n) is 6.32. The van der Waals surface area contributed by atoms with Crippen molar-refractivity contribution in [1.82, 2.24) is 4.90 Å². The Labute approximate surface area is 200 Å². The van der Waals surface area contributed by atoms with E-state index in [4.69, 9.17) is 4.74 Å². The van der Waals surface area contributed by atoms with E-state index in [0.717, 1.165) is 17.5 Å². The van der Waals surface area contributed by atoms with Crippen LogP contribution in [0.1, 0.15) is 36.1 Å². The zero-order valence-corrected chi connectivity index (χ0v) is 19.7. The minimum atomic E-state index is -0.317. The van der Waals surface area contributed by atoms with Crippen LogP contribution in [0.5, 0.6) is 5.75 Å². The molecule has 34 heavy (non-hydrogen) atoms. The number of amides is 2. The molecule has 0 saturated heterocycles. The smallest absolute Gasteiger partial charge is 0.282 e. The maximum Gasteiger partial charge on any atom is 0.282 e. The molecule has 5 rings (SSSR count). The monoisotopic (exact) mass is 452 g/mol. The van der Waals surface area contributed by atoms with Crippen LogP contribution in [0.2, 0.25) is 0 Å². The Kier molecular flexibility index (Phi) is 5.70. The Bertz CT molecular complexity index is 1290. The number of ether oxygens (including phenoxy) is 1. The van der Waals surface area contributed by atoms with Crippen LogP contribution in [0.15, 0.2) is 78.5 Å². The molecule has 3 aromatic carbocycles. The van der Waals surface area contributed by atoms with E-state index >= 15 is 0 Å². The van der Waals surface area contributed by atoms with Crippen molar-refractivity contribution >= 4 is 23.1 Å². The van der Waals surface area contributed by atoms with Gasteiger partial charge in [-0.15, -0.1) is 0 Å². The molecule has 5 nitrogen and oxygen atoms in total. The molecule has 0 saturated carbocycles. The summed E-state index contributed by atoms with van der Waals surface area (Å²) in [6.07, 6.45) is 0.742. The predicted molar refractivity (Wildman–Crippen MR) is 133 cm³/mol. The van der Waals surface area contributed by atoms with Crippen molar-refractivity contribution in [2.24, 2.45) is 0 Å². The van der Waals surface area contributed by atoms with Gasteiger partial charge in [0.2, 0.25) is 0 Å². The Morgan fingerprint density at radius 2 is 1.50 bits per heavy atom. The van der Waals surface area contributed by atoms with Crippen molar-refractivity contribution in [2.45, 2.75) is 39.8 Å². The van der Waals surface area contributed by atoms with Gasteiger partial charge in [0, 0.05) is 13.1 Å². The van der Waals surface area contributed by atoms with E-state index in [1.807, 2.05) is 69.3 Å². The molecule has 0 spiro atoms. The highest BCUT2D eigenvalue weighted by Gasteiger charge is 2.44. The van der Waals surface area contributed by atoms with Crippen LogP contribution in [0.25, 0.3) is 5.57 Å². The van der Waals surface area contributed by atoms with Gasteiger partial charge in [0.1, 0.15) is 11.4 Å². The van der Waals surface area contributed by atoms with Crippen molar-refractivity contribution in [2.75, 3.05) is 11.4 Å². The van der Waals surface area contributed by atoms with Gasteiger partial charge in [-0.05, 0) is 56.0 Å². The van der Waals surface area contributed by atoms with Gasteiger partial charge in [-0.2, -0.15) is 0 Å². The summed E-state index contributed by atoms with van der Waals surface area (Å²) in [5.74, 6) is -0.102. The lowest BCUT2D eigenvalue weighted by Gasteiger charge is -2.31. The van der Waals surface area contributed by atoms with Gasteiger partial charge in [0.15, 0.2) is 0 Å². The van der Waals surface area contributed by atoms with Crippen LogP contribution in [-0.2, 0) is 22.6 Å². The lowest BCUT2D eigenvalue weighted by molar-refractivity contribution is -0.120. The van der Waals surface area contributed by atoms with Crippen LogP contribution in [0.3, 0.4) is 0 Å². The number of hydrogen-bond acceptors (Lipinski definition) is 4. The summed E-state index contributed by atoms with van der Waals surface area (Å²) in [6.45, 7) is 7.14. The first-order valence-corrected chi connectivity index (χ1v) is 11.7. The summed E-state index contributed by atoms with van der Waals surface area (Å²) in [5.41, 5.74) is 5.71. The van der Waals surface area contributed by atoms with E-state index in [2.05, 4.69) is 17.0 Å². The van der Waals surface area contributed by atoms with Gasteiger partial charge < -0.3 is 9.64 Å². The molecular weight excluding hydrogens is 424 g/mol. The highest BCUT2D eigenvalue weighted by molar-refractivity contribution is 6.45. The molecule has 0 bridgehead atoms. The molecule has 0 radical (unpaired) electrons. The number of para-hydroxylation sites is 2. The van der Waals surface area contributed by atoms with Gasteiger partial charge in [-0.1, -0.05) is 66.2 Å². The molecule has 2 aliphatic heterocycles. The van der Waals surface area contributed by atoms with E-state index < -0.39 is 0 Å². The summed E-state index contributed by atoms with van der Waals surface area (Å²) in [5, 5.41) is 0. The van der Waals surface area contributed by atoms with Gasteiger partial charge in [0.25, 0.3) is 11.8 Å².